The Hall–Kier alpha value is -3.00. The van der Waals surface area contributed by atoms with Crippen molar-refractivity contribution in [2.75, 3.05) is 5.32 Å². The van der Waals surface area contributed by atoms with Crippen molar-refractivity contribution in [2.45, 2.75) is 19.4 Å². The first kappa shape index (κ1) is 15.5. The Labute approximate surface area is 147 Å². The van der Waals surface area contributed by atoms with Crippen LogP contribution >= 0.6 is 11.6 Å². The molecule has 2 N–H and O–H groups in total. The monoisotopic (exact) mass is 356 g/mol. The Bertz CT molecular complexity index is 1020. The molecule has 8 nitrogen and oxygen atoms in total. The van der Waals surface area contributed by atoms with Crippen molar-refractivity contribution in [1.29, 1.82) is 0 Å². The Balaban J connectivity index is 1.60. The minimum Gasteiger partial charge on any atom is -0.342 e. The summed E-state index contributed by atoms with van der Waals surface area (Å²) in [6, 6.07) is 4.59. The Kier molecular flexibility index (Phi) is 3.61. The lowest BCUT2D eigenvalue weighted by Gasteiger charge is -2.14. The molecule has 1 aromatic carbocycles. The van der Waals surface area contributed by atoms with Gasteiger partial charge in [-0.2, -0.15) is 0 Å². The molecule has 0 radical (unpaired) electrons. The molecular weight excluding hydrogens is 344 g/mol. The molecule has 2 amide bonds. The zero-order valence-corrected chi connectivity index (χ0v) is 13.9. The number of amides is 2. The van der Waals surface area contributed by atoms with Gasteiger partial charge in [-0.25, -0.2) is 4.98 Å². The minimum atomic E-state index is -0.407. The van der Waals surface area contributed by atoms with Crippen molar-refractivity contribution in [2.24, 2.45) is 0 Å². The third-order valence-electron chi connectivity index (χ3n) is 4.01. The molecule has 3 aromatic rings. The number of hydrogen-bond donors (Lipinski definition) is 2. The van der Waals surface area contributed by atoms with Crippen LogP contribution in [-0.4, -0.2) is 31.4 Å². The lowest BCUT2D eigenvalue weighted by Crippen LogP contribution is -2.28. The highest BCUT2D eigenvalue weighted by Gasteiger charge is 2.23. The fraction of sp³-hybridized carbons (Fsp3) is 0.188. The van der Waals surface area contributed by atoms with Gasteiger partial charge in [-0.15, -0.1) is 10.2 Å². The van der Waals surface area contributed by atoms with Gasteiger partial charge >= 0.3 is 0 Å². The maximum Gasteiger partial charge on any atom is 0.255 e. The summed E-state index contributed by atoms with van der Waals surface area (Å²) in [6.45, 7) is 1.80. The summed E-state index contributed by atoms with van der Waals surface area (Å²) in [5, 5.41) is 13.9. The summed E-state index contributed by atoms with van der Waals surface area (Å²) in [4.78, 5) is 28.2. The van der Waals surface area contributed by atoms with Gasteiger partial charge in [-0.05, 0) is 30.7 Å². The second-order valence-corrected chi connectivity index (χ2v) is 6.16. The number of rotatable bonds is 3. The molecule has 3 heterocycles. The third kappa shape index (κ3) is 2.70. The Morgan fingerprint density at radius 1 is 1.40 bits per heavy atom. The zero-order chi connectivity index (χ0) is 17.6. The SMILES string of the molecule is CC(NC(=O)c1cc2c(cc1Cl)NC(=O)C2)c1nnc2ncccn12. The molecule has 1 unspecified atom stereocenters. The van der Waals surface area contributed by atoms with Crippen LogP contribution in [-0.2, 0) is 11.2 Å². The van der Waals surface area contributed by atoms with Gasteiger partial charge in [-0.3, -0.25) is 14.0 Å². The molecule has 0 aliphatic carbocycles. The van der Waals surface area contributed by atoms with E-state index in [9.17, 15) is 9.59 Å². The number of carbonyl (C=O) groups is 2. The quantitative estimate of drug-likeness (QED) is 0.744. The van der Waals surface area contributed by atoms with Crippen LogP contribution in [0.1, 0.15) is 34.7 Å². The molecule has 1 aliphatic rings. The Morgan fingerprint density at radius 3 is 3.08 bits per heavy atom. The normalized spacial score (nSPS) is 14.2. The van der Waals surface area contributed by atoms with Gasteiger partial charge in [0.05, 0.1) is 23.0 Å². The van der Waals surface area contributed by atoms with Gasteiger partial charge in [0.25, 0.3) is 11.7 Å². The van der Waals surface area contributed by atoms with E-state index in [1.807, 2.05) is 0 Å². The molecule has 0 saturated carbocycles. The summed E-state index contributed by atoms with van der Waals surface area (Å²) in [6.07, 6.45) is 3.64. The van der Waals surface area contributed by atoms with Crippen LogP contribution in [0.15, 0.2) is 30.6 Å². The van der Waals surface area contributed by atoms with Gasteiger partial charge in [0, 0.05) is 18.1 Å². The van der Waals surface area contributed by atoms with E-state index < -0.39 is 6.04 Å². The zero-order valence-electron chi connectivity index (χ0n) is 13.2. The van der Waals surface area contributed by atoms with Crippen molar-refractivity contribution in [3.63, 3.8) is 0 Å². The van der Waals surface area contributed by atoms with Crippen LogP contribution in [0, 0.1) is 0 Å². The van der Waals surface area contributed by atoms with Crippen molar-refractivity contribution < 1.29 is 9.59 Å². The number of nitrogens with one attached hydrogen (secondary N) is 2. The van der Waals surface area contributed by atoms with E-state index in [0.29, 0.717) is 22.9 Å². The van der Waals surface area contributed by atoms with Crippen LogP contribution in [0.25, 0.3) is 5.78 Å². The van der Waals surface area contributed by atoms with Gasteiger partial charge < -0.3 is 10.6 Å². The van der Waals surface area contributed by atoms with E-state index >= 15 is 0 Å². The molecular formula is C16H13ClN6O2. The Morgan fingerprint density at radius 2 is 2.24 bits per heavy atom. The van der Waals surface area contributed by atoms with Crippen molar-refractivity contribution in [3.8, 4) is 0 Å². The number of halogens is 1. The molecule has 9 heteroatoms. The minimum absolute atomic E-state index is 0.112. The molecule has 0 saturated heterocycles. The van der Waals surface area contributed by atoms with Crippen LogP contribution in [0.3, 0.4) is 0 Å². The predicted molar refractivity (Wildman–Crippen MR) is 90.4 cm³/mol. The number of anilines is 1. The van der Waals surface area contributed by atoms with E-state index in [1.54, 1.807) is 41.9 Å². The van der Waals surface area contributed by atoms with E-state index in [4.69, 9.17) is 11.6 Å². The van der Waals surface area contributed by atoms with Crippen LogP contribution in [0.5, 0.6) is 0 Å². The first-order valence-corrected chi connectivity index (χ1v) is 7.99. The number of nitrogens with zero attached hydrogens (tertiary/aromatic N) is 4. The number of benzene rings is 1. The van der Waals surface area contributed by atoms with Crippen molar-refractivity contribution in [1.82, 2.24) is 24.9 Å². The molecule has 1 aliphatic heterocycles. The van der Waals surface area contributed by atoms with Gasteiger partial charge in [0.15, 0.2) is 5.82 Å². The molecule has 25 heavy (non-hydrogen) atoms. The first-order valence-electron chi connectivity index (χ1n) is 7.61. The van der Waals surface area contributed by atoms with Gasteiger partial charge in [0.1, 0.15) is 0 Å². The second-order valence-electron chi connectivity index (χ2n) is 5.76. The highest BCUT2D eigenvalue weighted by atomic mass is 35.5. The maximum absolute atomic E-state index is 12.6. The average molecular weight is 357 g/mol. The predicted octanol–water partition coefficient (Wildman–Crippen LogP) is 1.76. The lowest BCUT2D eigenvalue weighted by atomic mass is 10.1. The van der Waals surface area contributed by atoms with Crippen LogP contribution < -0.4 is 10.6 Å². The third-order valence-corrected chi connectivity index (χ3v) is 4.33. The van der Waals surface area contributed by atoms with Gasteiger partial charge in [0.2, 0.25) is 5.91 Å². The van der Waals surface area contributed by atoms with Crippen molar-refractivity contribution >= 4 is 34.9 Å². The van der Waals surface area contributed by atoms with E-state index in [0.717, 1.165) is 5.56 Å². The lowest BCUT2D eigenvalue weighted by molar-refractivity contribution is -0.115. The second kappa shape index (κ2) is 5.82. The topological polar surface area (TPSA) is 101 Å². The molecule has 0 fully saturated rings. The van der Waals surface area contributed by atoms with Gasteiger partial charge in [-0.1, -0.05) is 11.6 Å². The smallest absolute Gasteiger partial charge is 0.255 e. The molecule has 2 aromatic heterocycles. The van der Waals surface area contributed by atoms with E-state index in [1.165, 1.54) is 0 Å². The van der Waals surface area contributed by atoms with Crippen LogP contribution in [0.2, 0.25) is 5.02 Å². The number of aromatic nitrogens is 4. The summed E-state index contributed by atoms with van der Waals surface area (Å²) in [5.41, 5.74) is 1.72. The summed E-state index contributed by atoms with van der Waals surface area (Å²) >= 11 is 6.20. The van der Waals surface area contributed by atoms with E-state index in [2.05, 4.69) is 25.8 Å². The number of fused-ring (bicyclic) bond motifs is 2. The molecule has 4 rings (SSSR count). The number of carbonyl (C=O) groups excluding carboxylic acids is 2. The molecule has 0 spiro atoms. The summed E-state index contributed by atoms with van der Waals surface area (Å²) in [5.74, 6) is 0.559. The summed E-state index contributed by atoms with van der Waals surface area (Å²) in [7, 11) is 0. The van der Waals surface area contributed by atoms with Crippen LogP contribution in [0.4, 0.5) is 5.69 Å². The summed E-state index contributed by atoms with van der Waals surface area (Å²) < 4.78 is 1.71. The van der Waals surface area contributed by atoms with E-state index in [-0.39, 0.29) is 23.3 Å². The fourth-order valence-electron chi connectivity index (χ4n) is 2.82. The molecule has 0 bridgehead atoms. The molecule has 126 valence electrons. The number of hydrogen-bond acceptors (Lipinski definition) is 5. The largest absolute Gasteiger partial charge is 0.342 e. The fourth-order valence-corrected chi connectivity index (χ4v) is 3.07. The highest BCUT2D eigenvalue weighted by Crippen LogP contribution is 2.30. The molecule has 1 atom stereocenters. The highest BCUT2D eigenvalue weighted by molar-refractivity contribution is 6.34. The first-order chi connectivity index (χ1) is 12.0. The standard InChI is InChI=1S/C16H13ClN6O2/c1-8(14-21-22-16-18-3-2-4-23(14)16)19-15(25)10-5-9-6-13(24)20-12(9)7-11(10)17/h2-5,7-8H,6H2,1H3,(H,19,25)(H,20,24). The maximum atomic E-state index is 12.6. The average Bonchev–Trinajstić information content (AvgIpc) is 3.16. The van der Waals surface area contributed by atoms with Crippen molar-refractivity contribution in [3.05, 3.63) is 52.6 Å².